The number of nitrogens with one attached hydrogen (secondary N) is 2. The fraction of sp³-hybridized carbons (Fsp3) is 0.231. The molecule has 8 nitrogen and oxygen atoms in total. The molecule has 1 aromatic carbocycles. The number of nitrogens with zero attached hydrogens (tertiary/aromatic N) is 1. The molecule has 110 valence electrons. The van der Waals surface area contributed by atoms with E-state index in [9.17, 15) is 19.7 Å². The number of fused-ring (bicyclic) bond motifs is 1. The highest BCUT2D eigenvalue weighted by Crippen LogP contribution is 2.24. The van der Waals surface area contributed by atoms with E-state index in [1.807, 2.05) is 0 Å². The number of hydrogen-bond acceptors (Lipinski definition) is 4. The van der Waals surface area contributed by atoms with Crippen molar-refractivity contribution in [1.29, 1.82) is 0 Å². The van der Waals surface area contributed by atoms with Crippen LogP contribution in [0.1, 0.15) is 12.5 Å². The zero-order chi connectivity index (χ0) is 15.6. The number of benzene rings is 1. The molecule has 1 atom stereocenters. The molecule has 3 N–H and O–H groups in total. The quantitative estimate of drug-likeness (QED) is 0.564. The van der Waals surface area contributed by atoms with Crippen LogP contribution in [0, 0.1) is 10.1 Å². The Morgan fingerprint density at radius 3 is 2.76 bits per heavy atom. The number of carboxylic acids is 1. The van der Waals surface area contributed by atoms with Crippen molar-refractivity contribution in [2.75, 3.05) is 0 Å². The number of aromatic nitrogens is 1. The lowest BCUT2D eigenvalue weighted by Gasteiger charge is -2.12. The second-order valence-electron chi connectivity index (χ2n) is 4.60. The monoisotopic (exact) mass is 291 g/mol. The Hall–Kier alpha value is -2.90. The van der Waals surface area contributed by atoms with Crippen molar-refractivity contribution < 1.29 is 19.6 Å². The minimum Gasteiger partial charge on any atom is -0.480 e. The highest BCUT2D eigenvalue weighted by molar-refractivity contribution is 5.87. The van der Waals surface area contributed by atoms with E-state index in [0.29, 0.717) is 16.5 Å². The van der Waals surface area contributed by atoms with Gasteiger partial charge in [-0.1, -0.05) is 0 Å². The third kappa shape index (κ3) is 3.16. The Bertz CT molecular complexity index is 722. The van der Waals surface area contributed by atoms with Crippen LogP contribution in [-0.2, 0) is 16.0 Å². The van der Waals surface area contributed by atoms with Crippen molar-refractivity contribution in [3.05, 3.63) is 40.1 Å². The fourth-order valence-electron chi connectivity index (χ4n) is 2.11. The van der Waals surface area contributed by atoms with E-state index >= 15 is 0 Å². The lowest BCUT2D eigenvalue weighted by Crippen LogP contribution is -2.41. The van der Waals surface area contributed by atoms with Crippen LogP contribution in [0.3, 0.4) is 0 Å². The second kappa shape index (κ2) is 5.61. The number of nitro benzene ring substituents is 1. The summed E-state index contributed by atoms with van der Waals surface area (Å²) in [4.78, 5) is 35.4. The van der Waals surface area contributed by atoms with Crippen LogP contribution in [0.5, 0.6) is 0 Å². The third-order valence-corrected chi connectivity index (χ3v) is 3.06. The molecule has 1 unspecified atom stereocenters. The summed E-state index contributed by atoms with van der Waals surface area (Å²) in [5, 5.41) is 22.8. The van der Waals surface area contributed by atoms with Crippen LogP contribution < -0.4 is 5.32 Å². The zero-order valence-corrected chi connectivity index (χ0v) is 11.1. The first-order chi connectivity index (χ1) is 9.88. The van der Waals surface area contributed by atoms with E-state index in [2.05, 4.69) is 10.3 Å². The molecule has 0 aliphatic heterocycles. The summed E-state index contributed by atoms with van der Waals surface area (Å²) >= 11 is 0. The van der Waals surface area contributed by atoms with Gasteiger partial charge in [-0.15, -0.1) is 0 Å². The normalized spacial score (nSPS) is 12.0. The van der Waals surface area contributed by atoms with Crippen molar-refractivity contribution in [3.8, 4) is 0 Å². The van der Waals surface area contributed by atoms with Crippen molar-refractivity contribution in [3.63, 3.8) is 0 Å². The number of aromatic amines is 1. The number of amides is 1. The molecular formula is C13H13N3O5. The first kappa shape index (κ1) is 14.5. The number of non-ortho nitro benzene ring substituents is 1. The molecule has 1 heterocycles. The van der Waals surface area contributed by atoms with Crippen LogP contribution in [0.2, 0.25) is 0 Å². The van der Waals surface area contributed by atoms with Gasteiger partial charge in [-0.05, 0) is 11.6 Å². The Labute approximate surface area is 118 Å². The molecule has 0 saturated carbocycles. The van der Waals surface area contributed by atoms with Gasteiger partial charge in [0.05, 0.1) is 4.92 Å². The number of carbonyl (C=O) groups is 2. The van der Waals surface area contributed by atoms with Gasteiger partial charge in [0.15, 0.2) is 0 Å². The van der Waals surface area contributed by atoms with Crippen molar-refractivity contribution in [1.82, 2.24) is 10.3 Å². The Morgan fingerprint density at radius 1 is 1.48 bits per heavy atom. The smallest absolute Gasteiger partial charge is 0.326 e. The molecule has 0 spiro atoms. The van der Waals surface area contributed by atoms with Gasteiger partial charge in [-0.2, -0.15) is 0 Å². The molecule has 0 aliphatic carbocycles. The van der Waals surface area contributed by atoms with Crippen molar-refractivity contribution >= 4 is 28.5 Å². The van der Waals surface area contributed by atoms with Gasteiger partial charge >= 0.3 is 5.97 Å². The van der Waals surface area contributed by atoms with Crippen LogP contribution in [0.15, 0.2) is 24.4 Å². The van der Waals surface area contributed by atoms with E-state index in [0.717, 1.165) is 0 Å². The number of carbonyl (C=O) groups excluding carboxylic acids is 1. The minimum absolute atomic E-state index is 0.0378. The van der Waals surface area contributed by atoms with Gasteiger partial charge in [0, 0.05) is 42.6 Å². The van der Waals surface area contributed by atoms with Gasteiger partial charge in [-0.25, -0.2) is 4.79 Å². The topological polar surface area (TPSA) is 125 Å². The summed E-state index contributed by atoms with van der Waals surface area (Å²) in [6.45, 7) is 1.23. The SMILES string of the molecule is CC(=O)NC(Cc1c[nH]c2ccc([N+](=O)[O-])cc12)C(=O)O. The number of rotatable bonds is 5. The van der Waals surface area contributed by atoms with Crippen LogP contribution in [-0.4, -0.2) is 32.9 Å². The summed E-state index contributed by atoms with van der Waals surface area (Å²) < 4.78 is 0. The van der Waals surface area contributed by atoms with Gasteiger partial charge < -0.3 is 15.4 Å². The maximum Gasteiger partial charge on any atom is 0.326 e. The summed E-state index contributed by atoms with van der Waals surface area (Å²) in [5.41, 5.74) is 1.19. The number of hydrogen-bond donors (Lipinski definition) is 3. The lowest BCUT2D eigenvalue weighted by molar-refractivity contribution is -0.384. The van der Waals surface area contributed by atoms with Crippen LogP contribution in [0.4, 0.5) is 5.69 Å². The molecule has 8 heteroatoms. The third-order valence-electron chi connectivity index (χ3n) is 3.06. The van der Waals surface area contributed by atoms with Gasteiger partial charge in [0.2, 0.25) is 5.91 Å². The number of carboxylic acid groups (broad SMARTS) is 1. The molecule has 0 bridgehead atoms. The van der Waals surface area contributed by atoms with E-state index in [1.54, 1.807) is 12.3 Å². The summed E-state index contributed by atoms with van der Waals surface area (Å²) in [6, 6.07) is 3.23. The van der Waals surface area contributed by atoms with Crippen LogP contribution >= 0.6 is 0 Å². The average molecular weight is 291 g/mol. The maximum absolute atomic E-state index is 11.1. The predicted octanol–water partition coefficient (Wildman–Crippen LogP) is 1.21. The predicted molar refractivity (Wildman–Crippen MR) is 73.9 cm³/mol. The molecule has 0 saturated heterocycles. The zero-order valence-electron chi connectivity index (χ0n) is 11.1. The fourth-order valence-corrected chi connectivity index (χ4v) is 2.11. The number of aliphatic carboxylic acids is 1. The van der Waals surface area contributed by atoms with Crippen molar-refractivity contribution in [2.24, 2.45) is 0 Å². The molecule has 0 radical (unpaired) electrons. The molecule has 2 rings (SSSR count). The molecule has 0 fully saturated rings. The van der Waals surface area contributed by atoms with Crippen LogP contribution in [0.25, 0.3) is 10.9 Å². The Kier molecular flexibility index (Phi) is 3.88. The van der Waals surface area contributed by atoms with E-state index in [1.165, 1.54) is 19.1 Å². The highest BCUT2D eigenvalue weighted by Gasteiger charge is 2.21. The first-order valence-corrected chi connectivity index (χ1v) is 6.13. The van der Waals surface area contributed by atoms with E-state index < -0.39 is 22.8 Å². The van der Waals surface area contributed by atoms with Gasteiger partial charge in [0.1, 0.15) is 6.04 Å². The molecule has 1 amide bonds. The second-order valence-corrected chi connectivity index (χ2v) is 4.60. The summed E-state index contributed by atoms with van der Waals surface area (Å²) in [5.74, 6) is -1.61. The van der Waals surface area contributed by atoms with Gasteiger partial charge in [-0.3, -0.25) is 14.9 Å². The maximum atomic E-state index is 11.1. The van der Waals surface area contributed by atoms with Crippen molar-refractivity contribution in [2.45, 2.75) is 19.4 Å². The molecule has 1 aromatic heterocycles. The Morgan fingerprint density at radius 2 is 2.19 bits per heavy atom. The Balaban J connectivity index is 2.36. The summed E-state index contributed by atoms with van der Waals surface area (Å²) in [7, 11) is 0. The average Bonchev–Trinajstić information content (AvgIpc) is 2.79. The standard InChI is InChI=1S/C13H13N3O5/c1-7(17)15-12(13(18)19)4-8-6-14-11-3-2-9(16(20)21)5-10(8)11/h2-3,5-6,12,14H,4H2,1H3,(H,15,17)(H,18,19). The highest BCUT2D eigenvalue weighted by atomic mass is 16.6. The van der Waals surface area contributed by atoms with Gasteiger partial charge in [0.25, 0.3) is 5.69 Å². The number of H-pyrrole nitrogens is 1. The largest absolute Gasteiger partial charge is 0.480 e. The lowest BCUT2D eigenvalue weighted by atomic mass is 10.0. The molecular weight excluding hydrogens is 278 g/mol. The molecule has 21 heavy (non-hydrogen) atoms. The molecule has 2 aromatic rings. The first-order valence-electron chi connectivity index (χ1n) is 6.13. The van der Waals surface area contributed by atoms with E-state index in [-0.39, 0.29) is 12.1 Å². The molecule has 0 aliphatic rings. The minimum atomic E-state index is -1.16. The number of nitro groups is 1. The summed E-state index contributed by atoms with van der Waals surface area (Å²) in [6.07, 6.45) is 1.63. The van der Waals surface area contributed by atoms with E-state index in [4.69, 9.17) is 5.11 Å².